The Bertz CT molecular complexity index is 552. The predicted molar refractivity (Wildman–Crippen MR) is 84.2 cm³/mol. The normalized spacial score (nSPS) is 19.4. The Kier molecular flexibility index (Phi) is 4.37. The maximum atomic E-state index is 6.53. The molecule has 0 saturated heterocycles. The third-order valence-electron chi connectivity index (χ3n) is 4.24. The molecule has 2 aromatic rings. The molecule has 104 valence electrons. The zero-order chi connectivity index (χ0) is 13.8. The molecular weight excluding hydrogens is 266 g/mol. The van der Waals surface area contributed by atoms with Gasteiger partial charge in [0.2, 0.25) is 0 Å². The molecule has 0 N–H and O–H groups in total. The van der Waals surface area contributed by atoms with Gasteiger partial charge in [0, 0.05) is 17.8 Å². The standard InChI is InChI=1S/C18H20ClN/c19-17(14-6-2-1-3-7-14)12-11-16-9-4-8-15-10-5-13-20-18(15)16/h1-3,5-7,10,13,16-17H,4,8-9,11-12H2. The van der Waals surface area contributed by atoms with E-state index >= 15 is 0 Å². The minimum absolute atomic E-state index is 0.116. The molecule has 1 aliphatic rings. The number of aryl methyl sites for hydroxylation is 1. The van der Waals surface area contributed by atoms with Gasteiger partial charge in [0.25, 0.3) is 0 Å². The lowest BCUT2D eigenvalue weighted by Crippen LogP contribution is -2.12. The molecule has 1 aromatic heterocycles. The van der Waals surface area contributed by atoms with Gasteiger partial charge in [-0.2, -0.15) is 0 Å². The van der Waals surface area contributed by atoms with Crippen molar-refractivity contribution in [3.8, 4) is 0 Å². The summed E-state index contributed by atoms with van der Waals surface area (Å²) in [5.74, 6) is 0.588. The molecule has 0 spiro atoms. The van der Waals surface area contributed by atoms with Crippen molar-refractivity contribution in [1.29, 1.82) is 0 Å². The number of rotatable bonds is 4. The van der Waals surface area contributed by atoms with Gasteiger partial charge in [0.05, 0.1) is 5.38 Å². The van der Waals surface area contributed by atoms with E-state index in [-0.39, 0.29) is 5.38 Å². The van der Waals surface area contributed by atoms with Gasteiger partial charge >= 0.3 is 0 Å². The second kappa shape index (κ2) is 6.41. The minimum Gasteiger partial charge on any atom is -0.261 e. The van der Waals surface area contributed by atoms with Gasteiger partial charge in [0.15, 0.2) is 0 Å². The average Bonchev–Trinajstić information content (AvgIpc) is 2.53. The van der Waals surface area contributed by atoms with E-state index in [9.17, 15) is 0 Å². The van der Waals surface area contributed by atoms with Gasteiger partial charge in [-0.15, -0.1) is 11.6 Å². The number of halogens is 1. The van der Waals surface area contributed by atoms with Crippen LogP contribution < -0.4 is 0 Å². The Labute approximate surface area is 126 Å². The van der Waals surface area contributed by atoms with Gasteiger partial charge in [-0.25, -0.2) is 0 Å². The summed E-state index contributed by atoms with van der Waals surface area (Å²) < 4.78 is 0. The summed E-state index contributed by atoms with van der Waals surface area (Å²) in [6.07, 6.45) is 7.79. The molecule has 0 amide bonds. The smallest absolute Gasteiger partial charge is 0.0585 e. The van der Waals surface area contributed by atoms with Crippen LogP contribution in [0.15, 0.2) is 48.7 Å². The summed E-state index contributed by atoms with van der Waals surface area (Å²) in [5, 5.41) is 0.116. The first-order valence-corrected chi connectivity index (χ1v) is 7.91. The van der Waals surface area contributed by atoms with Crippen LogP contribution >= 0.6 is 11.6 Å². The van der Waals surface area contributed by atoms with E-state index in [0.717, 1.165) is 12.8 Å². The maximum absolute atomic E-state index is 6.53. The number of hydrogen-bond donors (Lipinski definition) is 0. The monoisotopic (exact) mass is 285 g/mol. The van der Waals surface area contributed by atoms with Crippen molar-refractivity contribution in [2.45, 2.75) is 43.4 Å². The lowest BCUT2D eigenvalue weighted by Gasteiger charge is -2.25. The quantitative estimate of drug-likeness (QED) is 0.698. The number of alkyl halides is 1. The van der Waals surface area contributed by atoms with Crippen LogP contribution in [0.1, 0.15) is 53.8 Å². The first kappa shape index (κ1) is 13.6. The highest BCUT2D eigenvalue weighted by atomic mass is 35.5. The molecule has 0 aliphatic heterocycles. The average molecular weight is 286 g/mol. The SMILES string of the molecule is ClC(CCC1CCCc2cccnc21)c1ccccc1. The molecule has 2 unspecified atom stereocenters. The van der Waals surface area contributed by atoms with Crippen LogP contribution in [0.3, 0.4) is 0 Å². The van der Waals surface area contributed by atoms with Crippen LogP contribution in [0.2, 0.25) is 0 Å². The van der Waals surface area contributed by atoms with E-state index < -0.39 is 0 Å². The van der Waals surface area contributed by atoms with Crippen LogP contribution in [0, 0.1) is 0 Å². The van der Waals surface area contributed by atoms with Crippen molar-refractivity contribution < 1.29 is 0 Å². The van der Waals surface area contributed by atoms with Gasteiger partial charge in [-0.3, -0.25) is 4.98 Å². The zero-order valence-corrected chi connectivity index (χ0v) is 12.4. The molecule has 1 nitrogen and oxygen atoms in total. The fraction of sp³-hybridized carbons (Fsp3) is 0.389. The third kappa shape index (κ3) is 3.04. The zero-order valence-electron chi connectivity index (χ0n) is 11.6. The van der Waals surface area contributed by atoms with Crippen molar-refractivity contribution in [1.82, 2.24) is 4.98 Å². The van der Waals surface area contributed by atoms with Crippen LogP contribution in [0.4, 0.5) is 0 Å². The highest BCUT2D eigenvalue weighted by molar-refractivity contribution is 6.20. The summed E-state index contributed by atoms with van der Waals surface area (Å²) in [6, 6.07) is 14.7. The third-order valence-corrected chi connectivity index (χ3v) is 4.71. The number of fused-ring (bicyclic) bond motifs is 1. The minimum atomic E-state index is 0.116. The van der Waals surface area contributed by atoms with Crippen LogP contribution in [-0.4, -0.2) is 4.98 Å². The molecule has 2 atom stereocenters. The number of pyridine rings is 1. The van der Waals surface area contributed by atoms with Gasteiger partial charge in [-0.1, -0.05) is 36.4 Å². The van der Waals surface area contributed by atoms with Crippen LogP contribution in [-0.2, 0) is 6.42 Å². The number of nitrogens with zero attached hydrogens (tertiary/aromatic N) is 1. The van der Waals surface area contributed by atoms with E-state index in [0.29, 0.717) is 5.92 Å². The molecule has 0 saturated carbocycles. The van der Waals surface area contributed by atoms with E-state index in [1.54, 1.807) is 0 Å². The van der Waals surface area contributed by atoms with Crippen molar-refractivity contribution >= 4 is 11.6 Å². The van der Waals surface area contributed by atoms with Crippen LogP contribution in [0.5, 0.6) is 0 Å². The Hall–Kier alpha value is -1.34. The molecule has 1 aromatic carbocycles. The number of benzene rings is 1. The van der Waals surface area contributed by atoms with E-state index in [4.69, 9.17) is 11.6 Å². The maximum Gasteiger partial charge on any atom is 0.0585 e. The second-order valence-corrected chi connectivity index (χ2v) is 6.12. The molecule has 20 heavy (non-hydrogen) atoms. The predicted octanol–water partition coefficient (Wildman–Crippen LogP) is 5.26. The molecule has 1 aliphatic carbocycles. The van der Waals surface area contributed by atoms with Crippen molar-refractivity contribution in [3.05, 3.63) is 65.5 Å². The highest BCUT2D eigenvalue weighted by Gasteiger charge is 2.22. The topological polar surface area (TPSA) is 12.9 Å². The lowest BCUT2D eigenvalue weighted by atomic mass is 9.83. The summed E-state index contributed by atoms with van der Waals surface area (Å²) in [7, 11) is 0. The molecule has 0 bridgehead atoms. The first-order chi connectivity index (χ1) is 9.84. The largest absolute Gasteiger partial charge is 0.261 e. The van der Waals surface area contributed by atoms with E-state index in [1.807, 2.05) is 12.3 Å². The van der Waals surface area contributed by atoms with E-state index in [2.05, 4.69) is 41.4 Å². The fourth-order valence-corrected chi connectivity index (χ4v) is 3.43. The molecule has 3 rings (SSSR count). The number of aromatic nitrogens is 1. The molecule has 0 fully saturated rings. The Morgan fingerprint density at radius 2 is 2.00 bits per heavy atom. The Morgan fingerprint density at radius 1 is 1.15 bits per heavy atom. The number of hydrogen-bond acceptors (Lipinski definition) is 1. The first-order valence-electron chi connectivity index (χ1n) is 7.47. The van der Waals surface area contributed by atoms with Crippen molar-refractivity contribution in [2.24, 2.45) is 0 Å². The molecule has 2 heteroatoms. The van der Waals surface area contributed by atoms with Crippen molar-refractivity contribution in [3.63, 3.8) is 0 Å². The molecular formula is C18H20ClN. The van der Waals surface area contributed by atoms with Gasteiger partial charge in [0.1, 0.15) is 0 Å². The Morgan fingerprint density at radius 3 is 2.85 bits per heavy atom. The molecule has 0 radical (unpaired) electrons. The summed E-state index contributed by atoms with van der Waals surface area (Å²) in [4.78, 5) is 4.61. The van der Waals surface area contributed by atoms with Crippen LogP contribution in [0.25, 0.3) is 0 Å². The summed E-state index contributed by atoms with van der Waals surface area (Å²) in [5.41, 5.74) is 3.98. The summed E-state index contributed by atoms with van der Waals surface area (Å²) >= 11 is 6.53. The summed E-state index contributed by atoms with van der Waals surface area (Å²) in [6.45, 7) is 0. The van der Waals surface area contributed by atoms with Gasteiger partial charge in [-0.05, 0) is 49.3 Å². The molecule has 1 heterocycles. The fourth-order valence-electron chi connectivity index (χ4n) is 3.16. The van der Waals surface area contributed by atoms with Crippen molar-refractivity contribution in [2.75, 3.05) is 0 Å². The van der Waals surface area contributed by atoms with E-state index in [1.165, 1.54) is 36.1 Å². The second-order valence-electron chi connectivity index (χ2n) is 5.59. The van der Waals surface area contributed by atoms with Gasteiger partial charge < -0.3 is 0 Å². The lowest BCUT2D eigenvalue weighted by molar-refractivity contribution is 0.489. The Balaban J connectivity index is 1.65. The highest BCUT2D eigenvalue weighted by Crippen LogP contribution is 2.36.